The van der Waals surface area contributed by atoms with Gasteiger partial charge >= 0.3 is 0 Å². The second-order valence-corrected chi connectivity index (χ2v) is 7.60. The molecule has 1 N–H and O–H groups in total. The molecule has 2 heterocycles. The number of nitrogens with zero attached hydrogens (tertiary/aromatic N) is 2. The summed E-state index contributed by atoms with van der Waals surface area (Å²) in [6, 6.07) is 18.1. The maximum Gasteiger partial charge on any atom is 0.287 e. The minimum atomic E-state index is -0.187. The van der Waals surface area contributed by atoms with Crippen LogP contribution in [0, 0.1) is 13.8 Å². The highest BCUT2D eigenvalue weighted by Crippen LogP contribution is 2.29. The summed E-state index contributed by atoms with van der Waals surface area (Å²) >= 11 is 0. The van der Waals surface area contributed by atoms with Crippen molar-refractivity contribution in [2.45, 2.75) is 27.2 Å². The molecule has 5 heteroatoms. The topological polar surface area (TPSA) is 58.4 Å². The second kappa shape index (κ2) is 8.57. The molecule has 0 radical (unpaired) electrons. The van der Waals surface area contributed by atoms with Gasteiger partial charge in [-0.05, 0) is 63.1 Å². The number of fused-ring (bicyclic) bond motifs is 3. The molecule has 1 amide bonds. The number of amides is 1. The number of hydrogen-bond donors (Lipinski definition) is 1. The minimum Gasteiger partial charge on any atom is -0.450 e. The van der Waals surface area contributed by atoms with E-state index < -0.39 is 0 Å². The van der Waals surface area contributed by atoms with Gasteiger partial charge in [-0.25, -0.2) is 0 Å². The van der Waals surface area contributed by atoms with Gasteiger partial charge in [0.2, 0.25) is 0 Å². The molecule has 30 heavy (non-hydrogen) atoms. The third-order valence-corrected chi connectivity index (χ3v) is 5.42. The number of pyridine rings is 1. The third-order valence-electron chi connectivity index (χ3n) is 5.42. The number of carbonyl (C=O) groups excluding carboxylic acids is 1. The average molecular weight is 402 g/mol. The zero-order valence-electron chi connectivity index (χ0n) is 17.7. The maximum atomic E-state index is 12.7. The quantitative estimate of drug-likeness (QED) is 0.430. The number of anilines is 1. The van der Waals surface area contributed by atoms with E-state index in [1.165, 1.54) is 11.3 Å². The highest BCUT2D eigenvalue weighted by molar-refractivity contribution is 6.06. The summed E-state index contributed by atoms with van der Waals surface area (Å²) in [6.07, 6.45) is 0.858. The first-order valence-electron chi connectivity index (χ1n) is 10.5. The van der Waals surface area contributed by atoms with Crippen molar-refractivity contribution in [3.05, 3.63) is 71.6 Å². The van der Waals surface area contributed by atoms with Crippen molar-refractivity contribution in [2.75, 3.05) is 24.5 Å². The molecule has 0 saturated heterocycles. The number of carbonyl (C=O) groups is 1. The Morgan fingerprint density at radius 3 is 2.70 bits per heavy atom. The van der Waals surface area contributed by atoms with E-state index in [9.17, 15) is 4.79 Å². The minimum absolute atomic E-state index is 0.187. The van der Waals surface area contributed by atoms with E-state index in [1.54, 1.807) is 6.07 Å². The highest BCUT2D eigenvalue weighted by Gasteiger charge is 2.16. The molecule has 0 spiro atoms. The molecule has 2 aromatic heterocycles. The average Bonchev–Trinajstić information content (AvgIpc) is 3.20. The third kappa shape index (κ3) is 4.01. The van der Waals surface area contributed by atoms with Crippen LogP contribution in [0.15, 0.2) is 59.0 Å². The predicted octanol–water partition coefficient (Wildman–Crippen LogP) is 5.24. The van der Waals surface area contributed by atoms with Gasteiger partial charge in [-0.2, -0.15) is 0 Å². The molecule has 0 fully saturated rings. The van der Waals surface area contributed by atoms with Crippen LogP contribution < -0.4 is 10.2 Å². The summed E-state index contributed by atoms with van der Waals surface area (Å²) in [5.74, 6) is 0.144. The molecule has 0 atom stereocenters. The Kier molecular flexibility index (Phi) is 5.70. The van der Waals surface area contributed by atoms with E-state index in [4.69, 9.17) is 4.42 Å². The summed E-state index contributed by atoms with van der Waals surface area (Å²) in [5.41, 5.74) is 4.93. The number of para-hydroxylation sites is 1. The molecule has 0 unspecified atom stereocenters. The lowest BCUT2D eigenvalue weighted by atomic mass is 10.1. The Hall–Kier alpha value is -3.34. The number of hydrogen-bond acceptors (Lipinski definition) is 4. The molecule has 154 valence electrons. The summed E-state index contributed by atoms with van der Waals surface area (Å²) in [6.45, 7) is 8.60. The Labute approximate surface area is 176 Å². The number of aromatic nitrogens is 1. The van der Waals surface area contributed by atoms with Crippen molar-refractivity contribution < 1.29 is 9.21 Å². The summed E-state index contributed by atoms with van der Waals surface area (Å²) in [7, 11) is 0. The molecule has 0 aliphatic heterocycles. The molecule has 0 aliphatic carbocycles. The van der Waals surface area contributed by atoms with Crippen molar-refractivity contribution >= 4 is 33.5 Å². The standard InChI is InChI=1S/C25H27N3O2/c1-4-28(19-10-7-9-17(2)15-19)14-8-13-26-25(29)23-16-21-18(3)27-22-12-6-5-11-20(22)24(21)30-23/h5-7,9-12,15-16H,4,8,13-14H2,1-3H3,(H,26,29). The first kappa shape index (κ1) is 20.0. The van der Waals surface area contributed by atoms with Crippen LogP contribution in [-0.2, 0) is 0 Å². The molecule has 0 bridgehead atoms. The largest absolute Gasteiger partial charge is 0.450 e. The van der Waals surface area contributed by atoms with Crippen LogP contribution in [0.1, 0.15) is 35.2 Å². The van der Waals surface area contributed by atoms with Gasteiger partial charge in [-0.15, -0.1) is 0 Å². The first-order chi connectivity index (χ1) is 14.6. The Morgan fingerprint density at radius 2 is 1.90 bits per heavy atom. The van der Waals surface area contributed by atoms with Gasteiger partial charge in [-0.1, -0.05) is 24.3 Å². The molecule has 0 aliphatic rings. The molecule has 4 aromatic rings. The van der Waals surface area contributed by atoms with Crippen LogP contribution in [0.3, 0.4) is 0 Å². The van der Waals surface area contributed by atoms with Crippen molar-refractivity contribution in [2.24, 2.45) is 0 Å². The van der Waals surface area contributed by atoms with Crippen molar-refractivity contribution in [3.8, 4) is 0 Å². The molecular formula is C25H27N3O2. The molecule has 2 aromatic carbocycles. The van der Waals surface area contributed by atoms with Crippen LogP contribution in [0.25, 0.3) is 21.9 Å². The predicted molar refractivity (Wildman–Crippen MR) is 122 cm³/mol. The van der Waals surface area contributed by atoms with E-state index in [0.717, 1.165) is 47.1 Å². The molecule has 5 nitrogen and oxygen atoms in total. The summed E-state index contributed by atoms with van der Waals surface area (Å²) in [5, 5.41) is 4.80. The Balaban J connectivity index is 1.41. The zero-order chi connectivity index (χ0) is 21.1. The van der Waals surface area contributed by atoms with E-state index in [0.29, 0.717) is 12.3 Å². The fraction of sp³-hybridized carbons (Fsp3) is 0.280. The van der Waals surface area contributed by atoms with E-state index in [-0.39, 0.29) is 5.91 Å². The lowest BCUT2D eigenvalue weighted by molar-refractivity contribution is 0.0928. The first-order valence-corrected chi connectivity index (χ1v) is 10.5. The van der Waals surface area contributed by atoms with Crippen molar-refractivity contribution in [1.29, 1.82) is 0 Å². The number of nitrogens with one attached hydrogen (secondary N) is 1. The van der Waals surface area contributed by atoms with Gasteiger partial charge in [0.1, 0.15) is 5.58 Å². The summed E-state index contributed by atoms with van der Waals surface area (Å²) < 4.78 is 5.94. The number of aryl methyl sites for hydroxylation is 2. The Bertz CT molecular complexity index is 1200. The SMILES string of the molecule is CCN(CCCNC(=O)c1cc2c(C)nc3ccccc3c2o1)c1cccc(C)c1. The van der Waals surface area contributed by atoms with Gasteiger partial charge < -0.3 is 14.6 Å². The zero-order valence-corrected chi connectivity index (χ0v) is 17.7. The molecular weight excluding hydrogens is 374 g/mol. The summed E-state index contributed by atoms with van der Waals surface area (Å²) in [4.78, 5) is 19.6. The Morgan fingerprint density at radius 1 is 1.07 bits per heavy atom. The van der Waals surface area contributed by atoms with E-state index in [1.807, 2.05) is 31.2 Å². The fourth-order valence-electron chi connectivity index (χ4n) is 3.83. The van der Waals surface area contributed by atoms with E-state index >= 15 is 0 Å². The van der Waals surface area contributed by atoms with Crippen LogP contribution in [-0.4, -0.2) is 30.5 Å². The van der Waals surface area contributed by atoms with Gasteiger partial charge in [0.05, 0.1) is 5.52 Å². The molecule has 4 rings (SSSR count). The molecule has 0 saturated carbocycles. The number of rotatable bonds is 7. The normalized spacial score (nSPS) is 11.2. The second-order valence-electron chi connectivity index (χ2n) is 7.60. The number of benzene rings is 2. The van der Waals surface area contributed by atoms with Crippen molar-refractivity contribution in [1.82, 2.24) is 10.3 Å². The fourth-order valence-corrected chi connectivity index (χ4v) is 3.83. The number of furan rings is 1. The van der Waals surface area contributed by atoms with E-state index in [2.05, 4.69) is 53.3 Å². The maximum absolute atomic E-state index is 12.7. The van der Waals surface area contributed by atoms with Crippen LogP contribution >= 0.6 is 0 Å². The lowest BCUT2D eigenvalue weighted by Gasteiger charge is -2.23. The monoisotopic (exact) mass is 401 g/mol. The van der Waals surface area contributed by atoms with Crippen LogP contribution in [0.2, 0.25) is 0 Å². The smallest absolute Gasteiger partial charge is 0.287 e. The highest BCUT2D eigenvalue weighted by atomic mass is 16.3. The van der Waals surface area contributed by atoms with Gasteiger partial charge in [0.15, 0.2) is 5.76 Å². The van der Waals surface area contributed by atoms with Gasteiger partial charge in [0, 0.05) is 41.8 Å². The van der Waals surface area contributed by atoms with Gasteiger partial charge in [0.25, 0.3) is 5.91 Å². The van der Waals surface area contributed by atoms with Gasteiger partial charge in [-0.3, -0.25) is 9.78 Å². The van der Waals surface area contributed by atoms with Crippen LogP contribution in [0.4, 0.5) is 5.69 Å². The van der Waals surface area contributed by atoms with Crippen LogP contribution in [0.5, 0.6) is 0 Å². The van der Waals surface area contributed by atoms with Crippen molar-refractivity contribution in [3.63, 3.8) is 0 Å². The lowest BCUT2D eigenvalue weighted by Crippen LogP contribution is -2.29.